The molecule has 0 radical (unpaired) electrons. The SMILES string of the molecule is CCc1ccc(OC)c(CCC(=O)c2cc(OC)ccc2OC)c1. The molecule has 24 heavy (non-hydrogen) atoms. The number of benzene rings is 2. The molecule has 128 valence electrons. The smallest absolute Gasteiger partial charge is 0.167 e. The maximum atomic E-state index is 12.6. The summed E-state index contributed by atoms with van der Waals surface area (Å²) in [6.07, 6.45) is 1.96. The second-order valence-electron chi connectivity index (χ2n) is 5.49. The van der Waals surface area contributed by atoms with Crippen LogP contribution in [0.3, 0.4) is 0 Å². The van der Waals surface area contributed by atoms with Crippen molar-refractivity contribution < 1.29 is 19.0 Å². The van der Waals surface area contributed by atoms with Gasteiger partial charge in [-0.3, -0.25) is 4.79 Å². The van der Waals surface area contributed by atoms with E-state index in [1.54, 1.807) is 39.5 Å². The van der Waals surface area contributed by atoms with Gasteiger partial charge < -0.3 is 14.2 Å². The van der Waals surface area contributed by atoms with Crippen LogP contribution in [0.1, 0.15) is 34.8 Å². The van der Waals surface area contributed by atoms with Gasteiger partial charge in [-0.2, -0.15) is 0 Å². The molecule has 0 aliphatic heterocycles. The number of Topliss-reactive ketones (excluding diaryl/α,β-unsaturated/α-hetero) is 1. The largest absolute Gasteiger partial charge is 0.497 e. The van der Waals surface area contributed by atoms with E-state index in [0.29, 0.717) is 29.9 Å². The van der Waals surface area contributed by atoms with Gasteiger partial charge in [-0.25, -0.2) is 0 Å². The molecule has 0 aromatic heterocycles. The van der Waals surface area contributed by atoms with Gasteiger partial charge in [-0.05, 0) is 48.2 Å². The molecule has 2 aromatic carbocycles. The summed E-state index contributed by atoms with van der Waals surface area (Å²) in [4.78, 5) is 12.6. The maximum absolute atomic E-state index is 12.6. The van der Waals surface area contributed by atoms with Crippen LogP contribution >= 0.6 is 0 Å². The van der Waals surface area contributed by atoms with Crippen LogP contribution in [-0.2, 0) is 12.8 Å². The van der Waals surface area contributed by atoms with E-state index in [4.69, 9.17) is 14.2 Å². The van der Waals surface area contributed by atoms with Crippen LogP contribution in [0.5, 0.6) is 17.2 Å². The molecule has 0 unspecified atom stereocenters. The molecule has 2 rings (SSSR count). The molecule has 0 bridgehead atoms. The number of hydrogen-bond acceptors (Lipinski definition) is 4. The van der Waals surface area contributed by atoms with Crippen LogP contribution in [0, 0.1) is 0 Å². The molecular weight excluding hydrogens is 304 g/mol. The summed E-state index contributed by atoms with van der Waals surface area (Å²) in [7, 11) is 4.79. The lowest BCUT2D eigenvalue weighted by molar-refractivity contribution is 0.0979. The van der Waals surface area contributed by atoms with E-state index in [2.05, 4.69) is 19.1 Å². The standard InChI is InChI=1S/C20H24O4/c1-5-14-6-10-19(23-3)15(12-14)7-9-18(21)17-13-16(22-2)8-11-20(17)24-4/h6,8,10-13H,5,7,9H2,1-4H3. The minimum absolute atomic E-state index is 0.0229. The summed E-state index contributed by atoms with van der Waals surface area (Å²) in [6, 6.07) is 11.4. The Morgan fingerprint density at radius 3 is 2.25 bits per heavy atom. The van der Waals surface area contributed by atoms with Gasteiger partial charge in [0.15, 0.2) is 5.78 Å². The minimum Gasteiger partial charge on any atom is -0.497 e. The summed E-state index contributed by atoms with van der Waals surface area (Å²) >= 11 is 0. The topological polar surface area (TPSA) is 44.8 Å². The molecule has 4 heteroatoms. The molecule has 2 aromatic rings. The van der Waals surface area contributed by atoms with Gasteiger partial charge in [-0.1, -0.05) is 19.1 Å². The zero-order chi connectivity index (χ0) is 17.5. The van der Waals surface area contributed by atoms with Crippen molar-refractivity contribution in [1.82, 2.24) is 0 Å². The number of carbonyl (C=O) groups excluding carboxylic acids is 1. The van der Waals surface area contributed by atoms with Crippen molar-refractivity contribution in [2.45, 2.75) is 26.2 Å². The van der Waals surface area contributed by atoms with Crippen molar-refractivity contribution in [2.24, 2.45) is 0 Å². The highest BCUT2D eigenvalue weighted by molar-refractivity contribution is 5.99. The first-order valence-corrected chi connectivity index (χ1v) is 8.04. The van der Waals surface area contributed by atoms with Crippen LogP contribution < -0.4 is 14.2 Å². The average molecular weight is 328 g/mol. The lowest BCUT2D eigenvalue weighted by atomic mass is 9.99. The van der Waals surface area contributed by atoms with E-state index in [-0.39, 0.29) is 5.78 Å². The Morgan fingerprint density at radius 2 is 1.62 bits per heavy atom. The highest BCUT2D eigenvalue weighted by Gasteiger charge is 2.15. The predicted molar refractivity (Wildman–Crippen MR) is 94.6 cm³/mol. The van der Waals surface area contributed by atoms with Gasteiger partial charge in [0.25, 0.3) is 0 Å². The first kappa shape index (κ1) is 17.9. The Labute approximate surface area is 143 Å². The number of methoxy groups -OCH3 is 3. The molecule has 4 nitrogen and oxygen atoms in total. The van der Waals surface area contributed by atoms with E-state index in [9.17, 15) is 4.79 Å². The van der Waals surface area contributed by atoms with E-state index in [0.717, 1.165) is 17.7 Å². The molecular formula is C20H24O4. The molecule has 0 atom stereocenters. The van der Waals surface area contributed by atoms with Crippen LogP contribution in [0.15, 0.2) is 36.4 Å². The van der Waals surface area contributed by atoms with Crippen LogP contribution in [0.25, 0.3) is 0 Å². The number of ketones is 1. The van der Waals surface area contributed by atoms with Crippen molar-refractivity contribution in [3.63, 3.8) is 0 Å². The van der Waals surface area contributed by atoms with E-state index >= 15 is 0 Å². The normalized spacial score (nSPS) is 10.3. The van der Waals surface area contributed by atoms with Gasteiger partial charge in [0.05, 0.1) is 26.9 Å². The van der Waals surface area contributed by atoms with Crippen LogP contribution in [0.4, 0.5) is 0 Å². The van der Waals surface area contributed by atoms with Gasteiger partial charge in [0.2, 0.25) is 0 Å². The van der Waals surface area contributed by atoms with E-state index in [1.807, 2.05) is 6.07 Å². The fourth-order valence-corrected chi connectivity index (χ4v) is 2.66. The first-order valence-electron chi connectivity index (χ1n) is 8.04. The predicted octanol–water partition coefficient (Wildman–Crippen LogP) is 4.09. The van der Waals surface area contributed by atoms with E-state index in [1.165, 1.54) is 5.56 Å². The highest BCUT2D eigenvalue weighted by Crippen LogP contribution is 2.27. The van der Waals surface area contributed by atoms with E-state index < -0.39 is 0 Å². The molecule has 0 aliphatic carbocycles. The number of aryl methyl sites for hydroxylation is 2. The van der Waals surface area contributed by atoms with Gasteiger partial charge in [0.1, 0.15) is 17.2 Å². The Morgan fingerprint density at radius 1 is 0.917 bits per heavy atom. The van der Waals surface area contributed by atoms with Crippen molar-refractivity contribution in [1.29, 1.82) is 0 Å². The Balaban J connectivity index is 2.19. The number of rotatable bonds is 8. The highest BCUT2D eigenvalue weighted by atomic mass is 16.5. The molecule has 0 fully saturated rings. The summed E-state index contributed by atoms with van der Waals surface area (Å²) in [6.45, 7) is 2.11. The van der Waals surface area contributed by atoms with Gasteiger partial charge in [0, 0.05) is 6.42 Å². The first-order chi connectivity index (χ1) is 11.6. The molecule has 0 spiro atoms. The van der Waals surface area contributed by atoms with Crippen molar-refractivity contribution in [3.8, 4) is 17.2 Å². The lowest BCUT2D eigenvalue weighted by Gasteiger charge is -2.12. The summed E-state index contributed by atoms with van der Waals surface area (Å²) in [5, 5.41) is 0. The average Bonchev–Trinajstić information content (AvgIpc) is 2.65. The fourth-order valence-electron chi connectivity index (χ4n) is 2.66. The van der Waals surface area contributed by atoms with Crippen molar-refractivity contribution >= 4 is 5.78 Å². The molecule has 0 amide bonds. The van der Waals surface area contributed by atoms with Crippen LogP contribution in [0.2, 0.25) is 0 Å². The summed E-state index contributed by atoms with van der Waals surface area (Å²) in [5.74, 6) is 2.05. The fraction of sp³-hybridized carbons (Fsp3) is 0.350. The molecule has 0 N–H and O–H groups in total. The second kappa shape index (κ2) is 8.39. The zero-order valence-electron chi connectivity index (χ0n) is 14.7. The Hall–Kier alpha value is -2.49. The summed E-state index contributed by atoms with van der Waals surface area (Å²) < 4.78 is 15.9. The minimum atomic E-state index is 0.0229. The van der Waals surface area contributed by atoms with Crippen molar-refractivity contribution in [3.05, 3.63) is 53.1 Å². The number of ether oxygens (including phenoxy) is 3. The maximum Gasteiger partial charge on any atom is 0.167 e. The molecule has 0 saturated carbocycles. The Bertz CT molecular complexity index is 707. The third-order valence-corrected chi connectivity index (χ3v) is 4.08. The summed E-state index contributed by atoms with van der Waals surface area (Å²) in [5.41, 5.74) is 2.83. The molecule has 0 aliphatic rings. The molecule has 0 heterocycles. The zero-order valence-corrected chi connectivity index (χ0v) is 14.7. The number of hydrogen-bond donors (Lipinski definition) is 0. The Kier molecular flexibility index (Phi) is 6.24. The van der Waals surface area contributed by atoms with Crippen molar-refractivity contribution in [2.75, 3.05) is 21.3 Å². The van der Waals surface area contributed by atoms with Gasteiger partial charge in [-0.15, -0.1) is 0 Å². The molecule has 0 saturated heterocycles. The second-order valence-corrected chi connectivity index (χ2v) is 5.49. The quantitative estimate of drug-likeness (QED) is 0.685. The van der Waals surface area contributed by atoms with Gasteiger partial charge >= 0.3 is 0 Å². The van der Waals surface area contributed by atoms with Crippen LogP contribution in [-0.4, -0.2) is 27.1 Å². The third-order valence-electron chi connectivity index (χ3n) is 4.08. The lowest BCUT2D eigenvalue weighted by Crippen LogP contribution is -2.05. The number of carbonyl (C=O) groups is 1. The third kappa shape index (κ3) is 4.07. The monoisotopic (exact) mass is 328 g/mol.